The molecule has 0 radical (unpaired) electrons. The number of methoxy groups -OCH3 is 1. The summed E-state index contributed by atoms with van der Waals surface area (Å²) in [6.07, 6.45) is 2.27. The maximum atomic E-state index is 11.3. The average molecular weight is 242 g/mol. The predicted octanol–water partition coefficient (Wildman–Crippen LogP) is 1.52. The second kappa shape index (κ2) is 4.65. The first kappa shape index (κ1) is 11.1. The lowest BCUT2D eigenvalue weighted by molar-refractivity contribution is 0.0594. The molecule has 0 unspecified atom stereocenters. The van der Waals surface area contributed by atoms with Crippen LogP contribution in [0.1, 0.15) is 23.3 Å². The molecule has 16 heavy (non-hydrogen) atoms. The zero-order valence-corrected chi connectivity index (χ0v) is 9.70. The molecule has 0 spiro atoms. The maximum absolute atomic E-state index is 11.3. The van der Waals surface area contributed by atoms with Crippen molar-refractivity contribution in [2.75, 3.05) is 25.1 Å². The van der Waals surface area contributed by atoms with E-state index < -0.39 is 5.97 Å². The summed E-state index contributed by atoms with van der Waals surface area (Å²) in [4.78, 5) is 21.4. The highest BCUT2D eigenvalue weighted by Crippen LogP contribution is 2.20. The zero-order chi connectivity index (χ0) is 11.5. The van der Waals surface area contributed by atoms with Crippen LogP contribution in [-0.2, 0) is 4.74 Å². The van der Waals surface area contributed by atoms with Gasteiger partial charge in [0.2, 0.25) is 5.28 Å². The van der Waals surface area contributed by atoms with Crippen molar-refractivity contribution in [2.45, 2.75) is 12.8 Å². The molecule has 6 heteroatoms. The van der Waals surface area contributed by atoms with E-state index in [1.54, 1.807) is 6.07 Å². The van der Waals surface area contributed by atoms with Gasteiger partial charge >= 0.3 is 5.97 Å². The van der Waals surface area contributed by atoms with Crippen LogP contribution in [0.2, 0.25) is 5.28 Å². The van der Waals surface area contributed by atoms with Crippen molar-refractivity contribution in [3.05, 3.63) is 17.0 Å². The lowest BCUT2D eigenvalue weighted by atomic mass is 10.4. The molecule has 1 fully saturated rings. The van der Waals surface area contributed by atoms with Gasteiger partial charge in [-0.1, -0.05) is 0 Å². The third-order valence-corrected chi connectivity index (χ3v) is 2.68. The molecule has 0 saturated carbocycles. The minimum Gasteiger partial charge on any atom is -0.464 e. The van der Waals surface area contributed by atoms with Gasteiger partial charge in [-0.25, -0.2) is 14.8 Å². The Labute approximate surface area is 98.4 Å². The van der Waals surface area contributed by atoms with Crippen LogP contribution >= 0.6 is 11.6 Å². The Morgan fingerprint density at radius 1 is 1.44 bits per heavy atom. The molecule has 0 aliphatic carbocycles. The normalized spacial score (nSPS) is 15.2. The van der Waals surface area contributed by atoms with Crippen molar-refractivity contribution in [1.29, 1.82) is 0 Å². The number of carbonyl (C=O) groups is 1. The highest BCUT2D eigenvalue weighted by molar-refractivity contribution is 6.28. The molecule has 0 bridgehead atoms. The largest absolute Gasteiger partial charge is 0.464 e. The van der Waals surface area contributed by atoms with Gasteiger partial charge < -0.3 is 9.64 Å². The Morgan fingerprint density at radius 3 is 2.75 bits per heavy atom. The topological polar surface area (TPSA) is 55.3 Å². The van der Waals surface area contributed by atoms with Crippen molar-refractivity contribution in [3.63, 3.8) is 0 Å². The first-order chi connectivity index (χ1) is 7.70. The first-order valence-electron chi connectivity index (χ1n) is 5.08. The third kappa shape index (κ3) is 2.24. The number of esters is 1. The second-order valence-corrected chi connectivity index (χ2v) is 3.90. The molecule has 1 saturated heterocycles. The Balaban J connectivity index is 2.31. The molecule has 1 aliphatic rings. The van der Waals surface area contributed by atoms with Crippen molar-refractivity contribution < 1.29 is 9.53 Å². The van der Waals surface area contributed by atoms with Crippen LogP contribution in [0.5, 0.6) is 0 Å². The predicted molar refractivity (Wildman–Crippen MR) is 59.8 cm³/mol. The number of rotatable bonds is 2. The van der Waals surface area contributed by atoms with Gasteiger partial charge in [0, 0.05) is 19.2 Å². The monoisotopic (exact) mass is 241 g/mol. The second-order valence-electron chi connectivity index (χ2n) is 3.57. The highest BCUT2D eigenvalue weighted by Gasteiger charge is 2.17. The van der Waals surface area contributed by atoms with Crippen molar-refractivity contribution in [1.82, 2.24) is 9.97 Å². The van der Waals surface area contributed by atoms with Gasteiger partial charge in [-0.2, -0.15) is 0 Å². The summed E-state index contributed by atoms with van der Waals surface area (Å²) in [6.45, 7) is 1.88. The molecule has 2 rings (SSSR count). The number of hydrogen-bond acceptors (Lipinski definition) is 5. The van der Waals surface area contributed by atoms with E-state index in [-0.39, 0.29) is 11.0 Å². The van der Waals surface area contributed by atoms with Crippen LogP contribution in [0.15, 0.2) is 6.07 Å². The summed E-state index contributed by atoms with van der Waals surface area (Å²) in [7, 11) is 1.31. The molecule has 0 amide bonds. The fourth-order valence-electron chi connectivity index (χ4n) is 1.72. The molecule has 0 aromatic carbocycles. The maximum Gasteiger partial charge on any atom is 0.356 e. The molecule has 1 aromatic heterocycles. The molecule has 1 aliphatic heterocycles. The number of ether oxygens (including phenoxy) is 1. The summed E-state index contributed by atoms with van der Waals surface area (Å²) in [5.74, 6) is 0.197. The van der Waals surface area contributed by atoms with E-state index in [2.05, 4.69) is 19.6 Å². The van der Waals surface area contributed by atoms with E-state index in [0.717, 1.165) is 25.9 Å². The summed E-state index contributed by atoms with van der Waals surface area (Å²) in [6, 6.07) is 1.61. The van der Waals surface area contributed by atoms with Gasteiger partial charge in [-0.3, -0.25) is 0 Å². The lowest BCUT2D eigenvalue weighted by Gasteiger charge is -2.16. The van der Waals surface area contributed by atoms with E-state index in [1.807, 2.05) is 0 Å². The molecule has 2 heterocycles. The van der Waals surface area contributed by atoms with E-state index in [0.29, 0.717) is 5.82 Å². The van der Waals surface area contributed by atoms with Crippen LogP contribution in [0.4, 0.5) is 5.82 Å². The molecule has 1 aromatic rings. The number of hydrogen-bond donors (Lipinski definition) is 0. The molecule has 5 nitrogen and oxygen atoms in total. The summed E-state index contributed by atoms with van der Waals surface area (Å²) >= 11 is 5.77. The average Bonchev–Trinajstić information content (AvgIpc) is 2.80. The van der Waals surface area contributed by atoms with Gasteiger partial charge in [-0.15, -0.1) is 0 Å². The quantitative estimate of drug-likeness (QED) is 0.580. The highest BCUT2D eigenvalue weighted by atomic mass is 35.5. The Morgan fingerprint density at radius 2 is 2.12 bits per heavy atom. The Bertz CT molecular complexity index is 405. The summed E-state index contributed by atoms with van der Waals surface area (Å²) < 4.78 is 4.60. The smallest absolute Gasteiger partial charge is 0.356 e. The minimum absolute atomic E-state index is 0.0739. The van der Waals surface area contributed by atoms with Gasteiger partial charge in [0.25, 0.3) is 0 Å². The molecule has 0 atom stereocenters. The van der Waals surface area contributed by atoms with E-state index in [1.165, 1.54) is 7.11 Å². The third-order valence-electron chi connectivity index (χ3n) is 2.51. The van der Waals surface area contributed by atoms with Gasteiger partial charge in [0.1, 0.15) is 5.82 Å². The molecule has 0 N–H and O–H groups in total. The van der Waals surface area contributed by atoms with Gasteiger partial charge in [-0.05, 0) is 24.4 Å². The van der Waals surface area contributed by atoms with E-state index in [4.69, 9.17) is 11.6 Å². The fraction of sp³-hybridized carbons (Fsp3) is 0.500. The standard InChI is InChI=1S/C10H12ClN3O2/c1-16-9(15)7-6-8(13-10(11)12-7)14-4-2-3-5-14/h6H,2-5H2,1H3. The number of halogens is 1. The van der Waals surface area contributed by atoms with Crippen molar-refractivity contribution in [3.8, 4) is 0 Å². The van der Waals surface area contributed by atoms with Crippen LogP contribution < -0.4 is 4.90 Å². The van der Waals surface area contributed by atoms with E-state index >= 15 is 0 Å². The SMILES string of the molecule is COC(=O)c1cc(N2CCCC2)nc(Cl)n1. The van der Waals surface area contributed by atoms with Crippen LogP contribution in [0.25, 0.3) is 0 Å². The molecular formula is C10H12ClN3O2. The minimum atomic E-state index is -0.496. The summed E-state index contributed by atoms with van der Waals surface area (Å²) in [5.41, 5.74) is 0.199. The zero-order valence-electron chi connectivity index (χ0n) is 8.94. The van der Waals surface area contributed by atoms with Crippen LogP contribution in [-0.4, -0.2) is 36.1 Å². The summed E-state index contributed by atoms with van der Waals surface area (Å²) in [5, 5.41) is 0.0739. The number of anilines is 1. The number of carbonyl (C=O) groups excluding carboxylic acids is 1. The van der Waals surface area contributed by atoms with Crippen molar-refractivity contribution >= 4 is 23.4 Å². The van der Waals surface area contributed by atoms with Gasteiger partial charge in [0.05, 0.1) is 7.11 Å². The Hall–Kier alpha value is -1.36. The van der Waals surface area contributed by atoms with Gasteiger partial charge in [0.15, 0.2) is 5.69 Å². The first-order valence-corrected chi connectivity index (χ1v) is 5.46. The fourth-order valence-corrected chi connectivity index (χ4v) is 1.90. The molecule has 86 valence electrons. The lowest BCUT2D eigenvalue weighted by Crippen LogP contribution is -2.20. The van der Waals surface area contributed by atoms with E-state index in [9.17, 15) is 4.79 Å². The van der Waals surface area contributed by atoms with Crippen LogP contribution in [0.3, 0.4) is 0 Å². The van der Waals surface area contributed by atoms with Crippen LogP contribution in [0, 0.1) is 0 Å². The number of nitrogens with zero attached hydrogens (tertiary/aromatic N) is 3. The Kier molecular flexibility index (Phi) is 3.24. The van der Waals surface area contributed by atoms with Crippen molar-refractivity contribution in [2.24, 2.45) is 0 Å². The number of aromatic nitrogens is 2. The molecular weight excluding hydrogens is 230 g/mol.